The van der Waals surface area contributed by atoms with E-state index in [0.29, 0.717) is 23.3 Å². The van der Waals surface area contributed by atoms with Crippen LogP contribution in [0.5, 0.6) is 5.75 Å². The first-order valence-electron chi connectivity index (χ1n) is 14.1. The monoisotopic (exact) mass is 595 g/mol. The van der Waals surface area contributed by atoms with E-state index in [1.165, 1.54) is 50.6 Å². The van der Waals surface area contributed by atoms with Gasteiger partial charge in [0.1, 0.15) is 11.6 Å². The number of nitrogens with one attached hydrogen (secondary N) is 1. The highest BCUT2D eigenvalue weighted by molar-refractivity contribution is 7.90. The molecule has 4 aromatic rings. The number of sulfone groups is 1. The fourth-order valence-electron chi connectivity index (χ4n) is 5.69. The van der Waals surface area contributed by atoms with E-state index >= 15 is 4.39 Å². The zero-order valence-corrected chi connectivity index (χ0v) is 25.2. The summed E-state index contributed by atoms with van der Waals surface area (Å²) in [6.07, 6.45) is 8.48. The molecular formula is C32H35ClFN3O3S. The molecule has 0 amide bonds. The van der Waals surface area contributed by atoms with Gasteiger partial charge in [0.05, 0.1) is 28.3 Å². The van der Waals surface area contributed by atoms with Crippen LogP contribution in [0.4, 0.5) is 10.3 Å². The maximum atomic E-state index is 15.4. The highest BCUT2D eigenvalue weighted by Gasteiger charge is 2.23. The highest BCUT2D eigenvalue weighted by atomic mass is 35.5. The second kappa shape index (κ2) is 12.3. The van der Waals surface area contributed by atoms with Crippen LogP contribution in [0.2, 0.25) is 5.02 Å². The predicted molar refractivity (Wildman–Crippen MR) is 163 cm³/mol. The van der Waals surface area contributed by atoms with Gasteiger partial charge in [-0.15, -0.1) is 0 Å². The van der Waals surface area contributed by atoms with Crippen LogP contribution in [0.3, 0.4) is 0 Å². The minimum absolute atomic E-state index is 0.00837. The Hall–Kier alpha value is -3.23. The van der Waals surface area contributed by atoms with Crippen LogP contribution < -0.4 is 10.1 Å². The van der Waals surface area contributed by atoms with Gasteiger partial charge in [0.15, 0.2) is 9.84 Å². The number of hydrogen-bond donors (Lipinski definition) is 1. The van der Waals surface area contributed by atoms with E-state index in [1.807, 2.05) is 12.1 Å². The van der Waals surface area contributed by atoms with Crippen molar-refractivity contribution in [1.82, 2.24) is 9.97 Å². The second-order valence-electron chi connectivity index (χ2n) is 10.7. The summed E-state index contributed by atoms with van der Waals surface area (Å²) in [5.41, 5.74) is 3.14. The molecule has 1 N–H and O–H groups in total. The van der Waals surface area contributed by atoms with Crippen LogP contribution in [0.15, 0.2) is 59.6 Å². The summed E-state index contributed by atoms with van der Waals surface area (Å²) in [6, 6.07) is 13.2. The van der Waals surface area contributed by atoms with Crippen molar-refractivity contribution in [3.8, 4) is 16.9 Å². The molecule has 0 bridgehead atoms. The average molecular weight is 596 g/mol. The lowest BCUT2D eigenvalue weighted by atomic mass is 9.85. The first-order valence-corrected chi connectivity index (χ1v) is 16.2. The van der Waals surface area contributed by atoms with Crippen LogP contribution in [-0.2, 0) is 22.0 Å². The van der Waals surface area contributed by atoms with E-state index in [9.17, 15) is 8.42 Å². The normalized spacial score (nSPS) is 17.5. The number of nitrogens with zero attached hydrogens (tertiary/aromatic N) is 2. The predicted octanol–water partition coefficient (Wildman–Crippen LogP) is 8.01. The van der Waals surface area contributed by atoms with Crippen molar-refractivity contribution >= 4 is 38.3 Å². The number of anilines is 1. The molecule has 0 spiro atoms. The van der Waals surface area contributed by atoms with Gasteiger partial charge < -0.3 is 10.1 Å². The average Bonchev–Trinajstić information content (AvgIpc) is 2.98. The fourth-order valence-corrected chi connectivity index (χ4v) is 7.62. The van der Waals surface area contributed by atoms with Crippen molar-refractivity contribution in [2.75, 3.05) is 12.4 Å². The number of fused-ring (bicyclic) bond motifs is 1. The van der Waals surface area contributed by atoms with Crippen molar-refractivity contribution in [2.24, 2.45) is 5.92 Å². The zero-order chi connectivity index (χ0) is 29.1. The third-order valence-electron chi connectivity index (χ3n) is 8.10. The molecule has 0 saturated heterocycles. The Kier molecular flexibility index (Phi) is 8.80. The van der Waals surface area contributed by atoms with Crippen molar-refractivity contribution < 1.29 is 17.5 Å². The molecule has 0 atom stereocenters. The number of halogens is 2. The summed E-state index contributed by atoms with van der Waals surface area (Å²) in [4.78, 5) is 9.42. The van der Waals surface area contributed by atoms with Gasteiger partial charge >= 0.3 is 0 Å². The fraction of sp³-hybridized carbons (Fsp3) is 0.375. The van der Waals surface area contributed by atoms with E-state index in [1.54, 1.807) is 18.3 Å². The first kappa shape index (κ1) is 29.3. The molecule has 5 rings (SSSR count). The molecule has 216 valence electrons. The lowest BCUT2D eigenvalue weighted by Gasteiger charge is -2.28. The zero-order valence-electron chi connectivity index (χ0n) is 23.6. The van der Waals surface area contributed by atoms with Gasteiger partial charge in [0.25, 0.3) is 0 Å². The van der Waals surface area contributed by atoms with Gasteiger partial charge in [0, 0.05) is 28.8 Å². The number of ether oxygens (including phenoxy) is 1. The van der Waals surface area contributed by atoms with Crippen molar-refractivity contribution in [1.29, 1.82) is 0 Å². The summed E-state index contributed by atoms with van der Waals surface area (Å²) in [5.74, 6) is 0.647. The number of methoxy groups -OCH3 is 1. The molecular weight excluding hydrogens is 561 g/mol. The van der Waals surface area contributed by atoms with Gasteiger partial charge in [-0.25, -0.2) is 22.8 Å². The highest BCUT2D eigenvalue weighted by Crippen LogP contribution is 2.37. The molecule has 1 fully saturated rings. The number of aryl methyl sites for hydroxylation is 1. The van der Waals surface area contributed by atoms with E-state index in [2.05, 4.69) is 24.1 Å². The quantitative estimate of drug-likeness (QED) is 0.211. The molecule has 6 nitrogen and oxygen atoms in total. The minimum Gasteiger partial charge on any atom is -0.496 e. The van der Waals surface area contributed by atoms with Gasteiger partial charge in [-0.05, 0) is 85.5 Å². The first-order chi connectivity index (χ1) is 19.7. The van der Waals surface area contributed by atoms with Gasteiger partial charge in [-0.3, -0.25) is 0 Å². The number of aromatic nitrogens is 2. The molecule has 1 aliphatic carbocycles. The molecule has 0 aliphatic heterocycles. The minimum atomic E-state index is -3.88. The van der Waals surface area contributed by atoms with Crippen LogP contribution in [0.1, 0.15) is 57.1 Å². The summed E-state index contributed by atoms with van der Waals surface area (Å²) in [7, 11) is -2.39. The Morgan fingerprint density at radius 3 is 2.49 bits per heavy atom. The standard InChI is InChI=1S/C32H35ClFN3O3S/c1-4-20-10-12-25(13-11-20)36-32-35-18-23-15-22(14-21(5-2)31(23)37-32)26-17-28(34)24(16-29(26)40-3)19-41(38,39)30-9-7-6-8-27(30)33/h6-9,14-18,20,25H,4-5,10-13,19H2,1-3H3,(H,35,36,37). The maximum Gasteiger partial charge on any atom is 0.223 e. The smallest absolute Gasteiger partial charge is 0.223 e. The van der Waals surface area contributed by atoms with Crippen LogP contribution in [-0.4, -0.2) is 31.5 Å². The van der Waals surface area contributed by atoms with E-state index in [-0.39, 0.29) is 15.5 Å². The lowest BCUT2D eigenvalue weighted by molar-refractivity contribution is 0.329. The summed E-state index contributed by atoms with van der Waals surface area (Å²) in [5, 5.41) is 4.47. The van der Waals surface area contributed by atoms with Crippen LogP contribution >= 0.6 is 11.6 Å². The van der Waals surface area contributed by atoms with Crippen molar-refractivity contribution in [2.45, 2.75) is 69.1 Å². The third kappa shape index (κ3) is 6.33. The summed E-state index contributed by atoms with van der Waals surface area (Å²) < 4.78 is 47.1. The number of benzene rings is 3. The van der Waals surface area contributed by atoms with E-state index < -0.39 is 21.4 Å². The summed E-state index contributed by atoms with van der Waals surface area (Å²) >= 11 is 6.11. The Bertz CT molecular complexity index is 1670. The number of hydrogen-bond acceptors (Lipinski definition) is 6. The van der Waals surface area contributed by atoms with Gasteiger partial charge in [-0.1, -0.05) is 44.0 Å². The third-order valence-corrected chi connectivity index (χ3v) is 10.3. The van der Waals surface area contributed by atoms with E-state index in [4.69, 9.17) is 21.3 Å². The Morgan fingerprint density at radius 2 is 1.80 bits per heavy atom. The summed E-state index contributed by atoms with van der Waals surface area (Å²) in [6.45, 7) is 4.32. The maximum absolute atomic E-state index is 15.4. The molecule has 1 aromatic heterocycles. The lowest BCUT2D eigenvalue weighted by Crippen LogP contribution is -2.26. The number of rotatable bonds is 9. The SMILES string of the molecule is CCc1cc(-c2cc(F)c(CS(=O)(=O)c3ccccc3Cl)cc2OC)cc2cnc(NC3CCC(CC)CC3)nc12. The van der Waals surface area contributed by atoms with Crippen LogP contribution in [0, 0.1) is 11.7 Å². The molecule has 1 aliphatic rings. The topological polar surface area (TPSA) is 81.2 Å². The molecule has 0 unspecified atom stereocenters. The Morgan fingerprint density at radius 1 is 1.05 bits per heavy atom. The molecule has 41 heavy (non-hydrogen) atoms. The largest absolute Gasteiger partial charge is 0.496 e. The molecule has 9 heteroatoms. The van der Waals surface area contributed by atoms with E-state index in [0.717, 1.165) is 47.2 Å². The molecule has 3 aromatic carbocycles. The van der Waals surface area contributed by atoms with Gasteiger partial charge in [0.2, 0.25) is 5.95 Å². The van der Waals surface area contributed by atoms with Gasteiger partial charge in [-0.2, -0.15) is 0 Å². The molecule has 1 heterocycles. The molecule has 0 radical (unpaired) electrons. The Labute approximate surface area is 246 Å². The van der Waals surface area contributed by atoms with Crippen molar-refractivity contribution in [3.63, 3.8) is 0 Å². The molecule has 1 saturated carbocycles. The van der Waals surface area contributed by atoms with Crippen molar-refractivity contribution in [3.05, 3.63) is 76.7 Å². The Balaban J connectivity index is 1.45. The van der Waals surface area contributed by atoms with Crippen LogP contribution in [0.25, 0.3) is 22.0 Å². The second-order valence-corrected chi connectivity index (χ2v) is 13.1.